The molecule has 204 valence electrons. The fourth-order valence-corrected chi connectivity index (χ4v) is 5.76. The predicted molar refractivity (Wildman–Crippen MR) is 159 cm³/mol. The highest BCUT2D eigenvalue weighted by Crippen LogP contribution is 2.39. The van der Waals surface area contributed by atoms with Crippen molar-refractivity contribution in [3.63, 3.8) is 0 Å². The highest BCUT2D eigenvalue weighted by atomic mass is 35.5. The highest BCUT2D eigenvalue weighted by Gasteiger charge is 2.30. The lowest BCUT2D eigenvalue weighted by atomic mass is 9.84. The van der Waals surface area contributed by atoms with Gasteiger partial charge in [-0.15, -0.1) is 12.4 Å². The second-order valence-electron chi connectivity index (χ2n) is 9.55. The summed E-state index contributed by atoms with van der Waals surface area (Å²) in [6.07, 6.45) is 5.09. The van der Waals surface area contributed by atoms with Gasteiger partial charge in [0.05, 0.1) is 20.6 Å². The Bertz CT molecular complexity index is 1220. The average Bonchev–Trinajstić information content (AvgIpc) is 2.87. The fourth-order valence-electron chi connectivity index (χ4n) is 4.96. The number of piperidine rings is 1. The van der Waals surface area contributed by atoms with Gasteiger partial charge in [0.2, 0.25) is 0 Å². The molecule has 3 nitrogen and oxygen atoms in total. The number of halogens is 6. The lowest BCUT2D eigenvalue weighted by Gasteiger charge is -2.40. The van der Waals surface area contributed by atoms with Crippen molar-refractivity contribution in [1.82, 2.24) is 10.2 Å². The monoisotopic (exact) mass is 616 g/mol. The number of rotatable bonds is 9. The van der Waals surface area contributed by atoms with E-state index in [1.807, 2.05) is 24.3 Å². The van der Waals surface area contributed by atoms with E-state index in [9.17, 15) is 9.18 Å². The number of benzene rings is 3. The van der Waals surface area contributed by atoms with Crippen LogP contribution in [0.3, 0.4) is 0 Å². The summed E-state index contributed by atoms with van der Waals surface area (Å²) in [6, 6.07) is 17.7. The number of nitrogens with one attached hydrogen (secondary N) is 1. The summed E-state index contributed by atoms with van der Waals surface area (Å²) in [5, 5.41) is 4.91. The van der Waals surface area contributed by atoms with Crippen LogP contribution in [0.25, 0.3) is 0 Å². The molecule has 3 aromatic rings. The van der Waals surface area contributed by atoms with Gasteiger partial charge in [0, 0.05) is 24.2 Å². The molecule has 0 spiro atoms. The topological polar surface area (TPSA) is 32.3 Å². The van der Waals surface area contributed by atoms with Crippen molar-refractivity contribution in [2.24, 2.45) is 5.92 Å². The summed E-state index contributed by atoms with van der Waals surface area (Å²) in [5.41, 5.74) is 2.67. The van der Waals surface area contributed by atoms with Gasteiger partial charge in [-0.3, -0.25) is 9.69 Å². The van der Waals surface area contributed by atoms with Crippen molar-refractivity contribution in [1.29, 1.82) is 0 Å². The van der Waals surface area contributed by atoms with E-state index in [0.29, 0.717) is 38.1 Å². The van der Waals surface area contributed by atoms with Gasteiger partial charge in [-0.1, -0.05) is 77.4 Å². The van der Waals surface area contributed by atoms with Gasteiger partial charge in [-0.25, -0.2) is 4.39 Å². The van der Waals surface area contributed by atoms with Crippen molar-refractivity contribution >= 4 is 64.7 Å². The minimum atomic E-state index is -0.226. The molecule has 3 aromatic carbocycles. The molecule has 4 rings (SSSR count). The lowest BCUT2D eigenvalue weighted by molar-refractivity contribution is 0.0947. The van der Waals surface area contributed by atoms with Gasteiger partial charge in [0.1, 0.15) is 5.82 Å². The number of hydrogen-bond acceptors (Lipinski definition) is 2. The van der Waals surface area contributed by atoms with Gasteiger partial charge in [-0.2, -0.15) is 0 Å². The summed E-state index contributed by atoms with van der Waals surface area (Å²) in [6.45, 7) is 2.29. The van der Waals surface area contributed by atoms with E-state index in [4.69, 9.17) is 46.4 Å². The quantitative estimate of drug-likeness (QED) is 0.242. The number of carbonyl (C=O) groups excluding carboxylic acids is 1. The minimum Gasteiger partial charge on any atom is -0.352 e. The van der Waals surface area contributed by atoms with Crippen molar-refractivity contribution in [3.8, 4) is 0 Å². The Morgan fingerprint density at radius 2 is 1.68 bits per heavy atom. The SMILES string of the molecule is Cl.O=C(NCCCCC1CCN(Cc2ccc(F)cc2)C(c2ccc(Cl)c(Cl)c2)C1)c1ccc(Cl)cc1Cl. The number of hydrogen-bond donors (Lipinski definition) is 1. The Hall–Kier alpha value is -1.53. The predicted octanol–water partition coefficient (Wildman–Crippen LogP) is 9.41. The van der Waals surface area contributed by atoms with E-state index in [2.05, 4.69) is 16.3 Å². The van der Waals surface area contributed by atoms with Crippen molar-refractivity contribution in [2.75, 3.05) is 13.1 Å². The number of amides is 1. The summed E-state index contributed by atoms with van der Waals surface area (Å²) in [7, 11) is 0. The molecule has 1 saturated heterocycles. The first-order valence-corrected chi connectivity index (χ1v) is 14.0. The first-order chi connectivity index (χ1) is 17.8. The normalized spacial score (nSPS) is 17.6. The maximum atomic E-state index is 13.4. The average molecular weight is 619 g/mol. The Morgan fingerprint density at radius 3 is 2.39 bits per heavy atom. The zero-order valence-corrected chi connectivity index (χ0v) is 24.6. The Kier molecular flexibility index (Phi) is 12.0. The van der Waals surface area contributed by atoms with Crippen molar-refractivity contribution in [3.05, 3.63) is 103 Å². The van der Waals surface area contributed by atoms with Gasteiger partial charge >= 0.3 is 0 Å². The lowest BCUT2D eigenvalue weighted by Crippen LogP contribution is -2.36. The van der Waals surface area contributed by atoms with Crippen LogP contribution in [-0.4, -0.2) is 23.9 Å². The van der Waals surface area contributed by atoms with E-state index in [1.54, 1.807) is 18.2 Å². The summed E-state index contributed by atoms with van der Waals surface area (Å²) in [5.74, 6) is 0.150. The molecule has 1 aliphatic rings. The molecule has 2 atom stereocenters. The molecular weight excluding hydrogens is 589 g/mol. The second-order valence-corrected chi connectivity index (χ2v) is 11.2. The van der Waals surface area contributed by atoms with Crippen LogP contribution >= 0.6 is 58.8 Å². The number of likely N-dealkylation sites (tertiary alicyclic amines) is 1. The molecule has 0 aromatic heterocycles. The van der Waals surface area contributed by atoms with Gasteiger partial charge in [0.25, 0.3) is 5.91 Å². The zero-order valence-electron chi connectivity index (χ0n) is 20.7. The third-order valence-electron chi connectivity index (χ3n) is 6.95. The minimum absolute atomic E-state index is 0. The zero-order chi connectivity index (χ0) is 26.4. The summed E-state index contributed by atoms with van der Waals surface area (Å²) in [4.78, 5) is 14.9. The van der Waals surface area contributed by atoms with E-state index in [1.165, 1.54) is 12.1 Å². The molecule has 2 unspecified atom stereocenters. The molecule has 1 aliphatic heterocycles. The van der Waals surface area contributed by atoms with Crippen LogP contribution in [0.2, 0.25) is 20.1 Å². The largest absolute Gasteiger partial charge is 0.352 e. The van der Waals surface area contributed by atoms with Crippen molar-refractivity contribution in [2.45, 2.75) is 44.7 Å². The van der Waals surface area contributed by atoms with Crippen LogP contribution < -0.4 is 5.32 Å². The molecular formula is C29H30Cl5FN2O. The number of nitrogens with zero attached hydrogens (tertiary/aromatic N) is 1. The smallest absolute Gasteiger partial charge is 0.252 e. The Labute approximate surface area is 250 Å². The summed E-state index contributed by atoms with van der Waals surface area (Å²) >= 11 is 24.6. The molecule has 0 radical (unpaired) electrons. The molecule has 1 N–H and O–H groups in total. The van der Waals surface area contributed by atoms with Gasteiger partial charge < -0.3 is 5.32 Å². The first kappa shape index (κ1) is 31.0. The van der Waals surface area contributed by atoms with Gasteiger partial charge in [0.15, 0.2) is 0 Å². The fraction of sp³-hybridized carbons (Fsp3) is 0.345. The van der Waals surface area contributed by atoms with Crippen LogP contribution in [0.15, 0.2) is 60.7 Å². The maximum absolute atomic E-state index is 13.4. The maximum Gasteiger partial charge on any atom is 0.252 e. The second kappa shape index (κ2) is 14.7. The third kappa shape index (κ3) is 8.48. The molecule has 1 fully saturated rings. The van der Waals surface area contributed by atoms with E-state index < -0.39 is 0 Å². The van der Waals surface area contributed by atoms with Crippen LogP contribution in [0.4, 0.5) is 4.39 Å². The van der Waals surface area contributed by atoms with Gasteiger partial charge in [-0.05, 0) is 85.3 Å². The summed E-state index contributed by atoms with van der Waals surface area (Å²) < 4.78 is 13.4. The number of carbonyl (C=O) groups is 1. The Morgan fingerprint density at radius 1 is 0.921 bits per heavy atom. The van der Waals surface area contributed by atoms with Crippen LogP contribution in [0, 0.1) is 11.7 Å². The van der Waals surface area contributed by atoms with Crippen LogP contribution in [0.1, 0.15) is 59.6 Å². The third-order valence-corrected chi connectivity index (χ3v) is 8.24. The first-order valence-electron chi connectivity index (χ1n) is 12.5. The van der Waals surface area contributed by atoms with E-state index in [-0.39, 0.29) is 30.2 Å². The standard InChI is InChI=1S/C29H29Cl4FN2O.ClH/c30-22-7-10-24(26(32)17-22)29(37)35-13-2-1-3-19-12-14-36(18-20-4-8-23(34)9-5-20)28(15-19)21-6-11-25(31)27(33)16-21;/h4-11,16-17,19,28H,1-3,12-15,18H2,(H,35,37);1H. The molecule has 0 saturated carbocycles. The molecule has 1 heterocycles. The van der Waals surface area contributed by atoms with Crippen molar-refractivity contribution < 1.29 is 9.18 Å². The molecule has 9 heteroatoms. The molecule has 38 heavy (non-hydrogen) atoms. The molecule has 0 aliphatic carbocycles. The van der Waals surface area contributed by atoms with Crippen LogP contribution in [-0.2, 0) is 6.54 Å². The van der Waals surface area contributed by atoms with Crippen LogP contribution in [0.5, 0.6) is 0 Å². The molecule has 1 amide bonds. The van der Waals surface area contributed by atoms with E-state index in [0.717, 1.165) is 56.3 Å². The number of unbranched alkanes of at least 4 members (excludes halogenated alkanes) is 1. The highest BCUT2D eigenvalue weighted by molar-refractivity contribution is 6.42. The Balaban J connectivity index is 0.00000400. The van der Waals surface area contributed by atoms with E-state index >= 15 is 0 Å². The molecule has 0 bridgehead atoms.